The molecule has 0 aliphatic carbocycles. The van der Waals surface area contributed by atoms with Gasteiger partial charge in [-0.2, -0.15) is 0 Å². The third-order valence-electron chi connectivity index (χ3n) is 3.09. The summed E-state index contributed by atoms with van der Waals surface area (Å²) < 4.78 is 5.47. The fourth-order valence-corrected chi connectivity index (χ4v) is 1.86. The van der Waals surface area contributed by atoms with E-state index in [-0.39, 0.29) is 11.5 Å². The van der Waals surface area contributed by atoms with Crippen LogP contribution in [-0.4, -0.2) is 27.5 Å². The highest BCUT2D eigenvalue weighted by Crippen LogP contribution is 2.24. The summed E-state index contributed by atoms with van der Waals surface area (Å²) in [6.07, 6.45) is 4.73. The second kappa shape index (κ2) is 8.44. The molecule has 1 aromatic heterocycles. The number of anilines is 1. The van der Waals surface area contributed by atoms with Gasteiger partial charge in [0.15, 0.2) is 11.6 Å². The Labute approximate surface area is 143 Å². The lowest BCUT2D eigenvalue weighted by atomic mass is 10.2. The van der Waals surface area contributed by atoms with E-state index in [1.165, 1.54) is 6.08 Å². The number of aromatic hydroxyl groups is 1. The normalized spacial score (nSPS) is 10.6. The van der Waals surface area contributed by atoms with Crippen molar-refractivity contribution in [1.29, 1.82) is 0 Å². The number of aromatic nitrogens is 1. The number of carbonyl (C=O) groups is 1. The van der Waals surface area contributed by atoms with Crippen LogP contribution in [0.3, 0.4) is 0 Å². The van der Waals surface area contributed by atoms with E-state index in [1.807, 2.05) is 6.92 Å². The highest BCUT2D eigenvalue weighted by atomic mass is 16.6. The maximum atomic E-state index is 11.9. The zero-order valence-corrected chi connectivity index (χ0v) is 13.5. The minimum absolute atomic E-state index is 0.149. The van der Waals surface area contributed by atoms with Gasteiger partial charge in [0.25, 0.3) is 5.69 Å². The molecule has 1 aromatic carbocycles. The Morgan fingerprint density at radius 2 is 2.12 bits per heavy atom. The monoisotopic (exact) mass is 343 g/mol. The standard InChI is InChI=1S/C17H17N3O5/c1-2-9-25-14-6-3-12(4-7-14)5-8-16(22)19-17-15(21)10-13(11-18-17)20(23)24/h3-8,10-11,21H,2,9H2,1H3,(H,18,19,22)/b8-5+. The van der Waals surface area contributed by atoms with Gasteiger partial charge in [-0.05, 0) is 30.2 Å². The van der Waals surface area contributed by atoms with Crippen molar-refractivity contribution in [1.82, 2.24) is 4.98 Å². The molecule has 0 atom stereocenters. The Kier molecular flexibility index (Phi) is 6.05. The summed E-state index contributed by atoms with van der Waals surface area (Å²) in [5.41, 5.74) is 0.427. The third-order valence-corrected chi connectivity index (χ3v) is 3.09. The Morgan fingerprint density at radius 1 is 1.40 bits per heavy atom. The fourth-order valence-electron chi connectivity index (χ4n) is 1.86. The van der Waals surface area contributed by atoms with Crippen LogP contribution in [0.25, 0.3) is 6.08 Å². The molecule has 0 radical (unpaired) electrons. The Bertz CT molecular complexity index is 787. The highest BCUT2D eigenvalue weighted by molar-refractivity contribution is 6.02. The molecule has 0 saturated carbocycles. The molecule has 1 heterocycles. The van der Waals surface area contributed by atoms with E-state index in [2.05, 4.69) is 10.3 Å². The van der Waals surface area contributed by atoms with Crippen molar-refractivity contribution in [3.8, 4) is 11.5 Å². The maximum absolute atomic E-state index is 11.9. The van der Waals surface area contributed by atoms with E-state index >= 15 is 0 Å². The first-order valence-corrected chi connectivity index (χ1v) is 7.55. The summed E-state index contributed by atoms with van der Waals surface area (Å²) in [5.74, 6) is -0.400. The predicted octanol–water partition coefficient (Wildman–Crippen LogP) is 3.14. The van der Waals surface area contributed by atoms with Crippen molar-refractivity contribution in [2.75, 3.05) is 11.9 Å². The topological polar surface area (TPSA) is 115 Å². The quantitative estimate of drug-likeness (QED) is 0.453. The molecule has 130 valence electrons. The number of pyridine rings is 1. The first-order valence-electron chi connectivity index (χ1n) is 7.55. The molecule has 2 N–H and O–H groups in total. The first-order chi connectivity index (χ1) is 12.0. The van der Waals surface area contributed by atoms with Crippen LogP contribution in [0.5, 0.6) is 11.5 Å². The molecular weight excluding hydrogens is 326 g/mol. The van der Waals surface area contributed by atoms with Crippen LogP contribution in [0, 0.1) is 10.1 Å². The molecule has 2 aromatic rings. The summed E-state index contributed by atoms with van der Waals surface area (Å²) in [7, 11) is 0. The number of hydrogen-bond acceptors (Lipinski definition) is 6. The number of nitro groups is 1. The van der Waals surface area contributed by atoms with Crippen LogP contribution < -0.4 is 10.1 Å². The maximum Gasteiger partial charge on any atom is 0.291 e. The first kappa shape index (κ1) is 17.9. The van der Waals surface area contributed by atoms with Gasteiger partial charge in [-0.15, -0.1) is 0 Å². The zero-order valence-electron chi connectivity index (χ0n) is 13.5. The van der Waals surface area contributed by atoms with Crippen LogP contribution in [0.1, 0.15) is 18.9 Å². The van der Waals surface area contributed by atoms with Gasteiger partial charge in [0, 0.05) is 6.08 Å². The van der Waals surface area contributed by atoms with E-state index in [1.54, 1.807) is 30.3 Å². The van der Waals surface area contributed by atoms with Crippen molar-refractivity contribution < 1.29 is 19.6 Å². The average Bonchev–Trinajstić information content (AvgIpc) is 2.60. The lowest BCUT2D eigenvalue weighted by molar-refractivity contribution is -0.385. The number of amides is 1. The van der Waals surface area contributed by atoms with Gasteiger partial charge in [-0.25, -0.2) is 4.98 Å². The molecule has 8 heteroatoms. The van der Waals surface area contributed by atoms with Gasteiger partial charge in [-0.1, -0.05) is 19.1 Å². The number of ether oxygens (including phenoxy) is 1. The molecule has 8 nitrogen and oxygen atoms in total. The predicted molar refractivity (Wildman–Crippen MR) is 92.4 cm³/mol. The molecule has 1 amide bonds. The van der Waals surface area contributed by atoms with Crippen molar-refractivity contribution in [2.24, 2.45) is 0 Å². The van der Waals surface area contributed by atoms with Crippen molar-refractivity contribution in [3.63, 3.8) is 0 Å². The number of benzene rings is 1. The van der Waals surface area contributed by atoms with E-state index in [0.29, 0.717) is 6.61 Å². The van der Waals surface area contributed by atoms with Gasteiger partial charge in [0.05, 0.1) is 17.6 Å². The molecule has 0 aliphatic rings. The molecule has 2 rings (SSSR count). The third kappa shape index (κ3) is 5.31. The second-order valence-electron chi connectivity index (χ2n) is 5.06. The smallest absolute Gasteiger partial charge is 0.291 e. The van der Waals surface area contributed by atoms with E-state index < -0.39 is 16.6 Å². The van der Waals surface area contributed by atoms with Gasteiger partial charge in [0.1, 0.15) is 11.9 Å². The van der Waals surface area contributed by atoms with Crippen LogP contribution in [0.15, 0.2) is 42.6 Å². The van der Waals surface area contributed by atoms with Gasteiger partial charge < -0.3 is 15.2 Å². The van der Waals surface area contributed by atoms with Gasteiger partial charge in [0.2, 0.25) is 5.91 Å². The molecular formula is C17H17N3O5. The van der Waals surface area contributed by atoms with Crippen molar-refractivity contribution in [3.05, 3.63) is 58.3 Å². The summed E-state index contributed by atoms with van der Waals surface area (Å²) in [5, 5.41) is 22.6. The summed E-state index contributed by atoms with van der Waals surface area (Å²) in [4.78, 5) is 25.4. The number of carbonyl (C=O) groups excluding carboxylic acids is 1. The van der Waals surface area contributed by atoms with Crippen LogP contribution in [0.2, 0.25) is 0 Å². The van der Waals surface area contributed by atoms with Crippen LogP contribution in [0.4, 0.5) is 11.5 Å². The molecule has 25 heavy (non-hydrogen) atoms. The molecule has 0 aliphatic heterocycles. The van der Waals surface area contributed by atoms with E-state index in [9.17, 15) is 20.0 Å². The van der Waals surface area contributed by atoms with Crippen LogP contribution >= 0.6 is 0 Å². The molecule has 0 fully saturated rings. The second-order valence-corrected chi connectivity index (χ2v) is 5.06. The number of rotatable bonds is 7. The molecule has 0 bridgehead atoms. The Morgan fingerprint density at radius 3 is 2.72 bits per heavy atom. The molecule has 0 saturated heterocycles. The van der Waals surface area contributed by atoms with Crippen LogP contribution in [-0.2, 0) is 4.79 Å². The summed E-state index contributed by atoms with van der Waals surface area (Å²) in [6.45, 7) is 2.66. The molecule has 0 spiro atoms. The number of nitrogens with zero attached hydrogens (tertiary/aromatic N) is 2. The minimum atomic E-state index is -0.688. The lowest BCUT2D eigenvalue weighted by Crippen LogP contribution is -2.09. The fraction of sp³-hybridized carbons (Fsp3) is 0.176. The minimum Gasteiger partial charge on any atom is -0.504 e. The van der Waals surface area contributed by atoms with E-state index in [4.69, 9.17) is 4.74 Å². The average molecular weight is 343 g/mol. The van der Waals surface area contributed by atoms with Gasteiger partial charge in [-0.3, -0.25) is 14.9 Å². The Balaban J connectivity index is 1.97. The van der Waals surface area contributed by atoms with E-state index in [0.717, 1.165) is 30.0 Å². The zero-order chi connectivity index (χ0) is 18.2. The lowest BCUT2D eigenvalue weighted by Gasteiger charge is -2.04. The summed E-state index contributed by atoms with van der Waals surface area (Å²) in [6, 6.07) is 8.13. The van der Waals surface area contributed by atoms with Crippen molar-refractivity contribution in [2.45, 2.75) is 13.3 Å². The van der Waals surface area contributed by atoms with Crippen molar-refractivity contribution >= 4 is 23.5 Å². The molecule has 0 unspecified atom stereocenters. The summed E-state index contributed by atoms with van der Waals surface area (Å²) >= 11 is 0. The highest BCUT2D eigenvalue weighted by Gasteiger charge is 2.12. The number of nitrogens with one attached hydrogen (secondary N) is 1. The largest absolute Gasteiger partial charge is 0.504 e. The number of hydrogen-bond donors (Lipinski definition) is 2. The van der Waals surface area contributed by atoms with Gasteiger partial charge >= 0.3 is 0 Å². The SMILES string of the molecule is CCCOc1ccc(/C=C/C(=O)Nc2ncc([N+](=O)[O-])cc2O)cc1. The Hall–Kier alpha value is -3.42.